The molecule has 0 aliphatic carbocycles. The summed E-state index contributed by atoms with van der Waals surface area (Å²) in [6.07, 6.45) is 0.911. The van der Waals surface area contributed by atoms with Gasteiger partial charge in [0.2, 0.25) is 15.9 Å². The number of anilines is 2. The largest absolute Gasteiger partial charge is 0.322 e. The fourth-order valence-electron chi connectivity index (χ4n) is 3.07. The van der Waals surface area contributed by atoms with Crippen molar-refractivity contribution in [2.45, 2.75) is 26.7 Å². The fourth-order valence-corrected chi connectivity index (χ4v) is 4.53. The minimum atomic E-state index is -3.60. The highest BCUT2D eigenvalue weighted by molar-refractivity contribution is 7.94. The van der Waals surface area contributed by atoms with E-state index in [2.05, 4.69) is 19.2 Å². The lowest BCUT2D eigenvalue weighted by Crippen LogP contribution is -2.29. The summed E-state index contributed by atoms with van der Waals surface area (Å²) in [6, 6.07) is 13.7. The van der Waals surface area contributed by atoms with E-state index in [1.54, 1.807) is 0 Å². The van der Waals surface area contributed by atoms with Gasteiger partial charge in [0.25, 0.3) is 5.91 Å². The topological polar surface area (TPSA) is 83.6 Å². The van der Waals surface area contributed by atoms with Crippen LogP contribution in [0.5, 0.6) is 0 Å². The van der Waals surface area contributed by atoms with E-state index in [0.717, 1.165) is 16.3 Å². The van der Waals surface area contributed by atoms with Gasteiger partial charge in [0, 0.05) is 17.7 Å². The average Bonchev–Trinajstić information content (AvgIpc) is 2.87. The summed E-state index contributed by atoms with van der Waals surface area (Å²) >= 11 is 0. The number of carbonyl (C=O) groups excluding carboxylic acids is 2. The molecule has 1 aliphatic rings. The van der Waals surface area contributed by atoms with E-state index in [1.165, 1.54) is 24.3 Å². The van der Waals surface area contributed by atoms with E-state index in [0.29, 0.717) is 17.2 Å². The van der Waals surface area contributed by atoms with E-state index in [4.69, 9.17) is 0 Å². The molecule has 1 fully saturated rings. The van der Waals surface area contributed by atoms with Gasteiger partial charge in [-0.05, 0) is 54.3 Å². The Morgan fingerprint density at radius 2 is 1.85 bits per heavy atom. The molecule has 1 heterocycles. The molecule has 1 N–H and O–H groups in total. The van der Waals surface area contributed by atoms with E-state index >= 15 is 0 Å². The molecule has 0 radical (unpaired) electrons. The summed E-state index contributed by atoms with van der Waals surface area (Å²) in [7, 11) is -3.60. The number of benzene rings is 2. The Balaban J connectivity index is 1.74. The van der Waals surface area contributed by atoms with Gasteiger partial charge in [0.15, 0.2) is 0 Å². The normalized spacial score (nSPS) is 16.0. The first-order valence-electron chi connectivity index (χ1n) is 8.82. The van der Waals surface area contributed by atoms with Crippen molar-refractivity contribution in [1.29, 1.82) is 0 Å². The van der Waals surface area contributed by atoms with Crippen molar-refractivity contribution in [1.82, 2.24) is 0 Å². The number of hydrogen-bond acceptors (Lipinski definition) is 4. The van der Waals surface area contributed by atoms with Crippen LogP contribution in [0.15, 0.2) is 48.5 Å². The molecule has 3 rings (SSSR count). The van der Waals surface area contributed by atoms with Gasteiger partial charge in [0.05, 0.1) is 11.4 Å². The lowest BCUT2D eigenvalue weighted by molar-refractivity contribution is -0.116. The van der Waals surface area contributed by atoms with Crippen LogP contribution in [0.25, 0.3) is 0 Å². The molecule has 1 aliphatic heterocycles. The van der Waals surface area contributed by atoms with Crippen LogP contribution in [0.3, 0.4) is 0 Å². The van der Waals surface area contributed by atoms with Crippen molar-refractivity contribution in [2.24, 2.45) is 5.92 Å². The lowest BCUT2D eigenvalue weighted by Gasteiger charge is -2.15. The molecule has 0 aromatic heterocycles. The van der Waals surface area contributed by atoms with Gasteiger partial charge >= 0.3 is 0 Å². The molecule has 1 saturated heterocycles. The van der Waals surface area contributed by atoms with Gasteiger partial charge in [0.1, 0.15) is 0 Å². The predicted octanol–water partition coefficient (Wildman–Crippen LogP) is 3.20. The maximum absolute atomic E-state index is 12.5. The highest BCUT2D eigenvalue weighted by Gasteiger charge is 2.36. The van der Waals surface area contributed by atoms with Crippen LogP contribution < -0.4 is 9.62 Å². The number of sulfonamides is 1. The second-order valence-corrected chi connectivity index (χ2v) is 8.96. The third-order valence-corrected chi connectivity index (χ3v) is 5.96. The van der Waals surface area contributed by atoms with E-state index in [9.17, 15) is 18.0 Å². The van der Waals surface area contributed by atoms with Crippen LogP contribution in [0.4, 0.5) is 11.4 Å². The summed E-state index contributed by atoms with van der Waals surface area (Å²) in [5.74, 6) is -0.401. The van der Waals surface area contributed by atoms with Gasteiger partial charge in [-0.15, -0.1) is 0 Å². The molecule has 2 amide bonds. The van der Waals surface area contributed by atoms with Crippen LogP contribution >= 0.6 is 0 Å². The van der Waals surface area contributed by atoms with E-state index in [1.807, 2.05) is 24.3 Å². The first kappa shape index (κ1) is 19.1. The molecular formula is C20H22N2O4S. The van der Waals surface area contributed by atoms with Crippen molar-refractivity contribution in [2.75, 3.05) is 15.4 Å². The van der Waals surface area contributed by atoms with Crippen molar-refractivity contribution < 1.29 is 18.0 Å². The van der Waals surface area contributed by atoms with Crippen LogP contribution in [0.1, 0.15) is 36.2 Å². The third kappa shape index (κ3) is 4.36. The molecule has 7 heteroatoms. The average molecular weight is 386 g/mol. The Bertz CT molecular complexity index is 966. The number of rotatable bonds is 5. The van der Waals surface area contributed by atoms with Gasteiger partial charge in [-0.2, -0.15) is 0 Å². The molecule has 0 unspecified atom stereocenters. The monoisotopic (exact) mass is 386 g/mol. The molecule has 2 aromatic carbocycles. The number of amides is 2. The first-order chi connectivity index (χ1) is 12.8. The zero-order valence-electron chi connectivity index (χ0n) is 15.3. The minimum Gasteiger partial charge on any atom is -0.322 e. The highest BCUT2D eigenvalue weighted by Crippen LogP contribution is 2.25. The Labute approximate surface area is 159 Å². The lowest BCUT2D eigenvalue weighted by atomic mass is 10.0. The molecule has 0 atom stereocenters. The Hall–Kier alpha value is -2.67. The zero-order valence-corrected chi connectivity index (χ0v) is 16.1. The van der Waals surface area contributed by atoms with Crippen molar-refractivity contribution in [3.8, 4) is 0 Å². The summed E-state index contributed by atoms with van der Waals surface area (Å²) in [4.78, 5) is 24.3. The third-order valence-electron chi connectivity index (χ3n) is 4.27. The van der Waals surface area contributed by atoms with Gasteiger partial charge in [-0.25, -0.2) is 12.7 Å². The summed E-state index contributed by atoms with van der Waals surface area (Å²) in [6.45, 7) is 4.27. The second kappa shape index (κ2) is 7.52. The fraction of sp³-hybridized carbons (Fsp3) is 0.300. The van der Waals surface area contributed by atoms with Crippen LogP contribution in [-0.2, 0) is 21.2 Å². The molecule has 27 heavy (non-hydrogen) atoms. The van der Waals surface area contributed by atoms with E-state index < -0.39 is 15.9 Å². The maximum atomic E-state index is 12.5. The molecule has 142 valence electrons. The number of carbonyl (C=O) groups is 2. The van der Waals surface area contributed by atoms with Crippen molar-refractivity contribution in [3.63, 3.8) is 0 Å². The zero-order chi connectivity index (χ0) is 19.6. The molecule has 0 spiro atoms. The van der Waals surface area contributed by atoms with Crippen molar-refractivity contribution >= 4 is 33.2 Å². The molecule has 6 nitrogen and oxygen atoms in total. The van der Waals surface area contributed by atoms with E-state index in [-0.39, 0.29) is 23.8 Å². The summed E-state index contributed by atoms with van der Waals surface area (Å²) < 4.78 is 24.7. The minimum absolute atomic E-state index is 0.0166. The molecule has 2 aromatic rings. The Morgan fingerprint density at radius 3 is 2.44 bits per heavy atom. The van der Waals surface area contributed by atoms with Crippen molar-refractivity contribution in [3.05, 3.63) is 59.7 Å². The number of nitrogens with zero attached hydrogens (tertiary/aromatic N) is 1. The Morgan fingerprint density at radius 1 is 1.15 bits per heavy atom. The number of nitrogens with one attached hydrogen (secondary N) is 1. The second-order valence-electron chi connectivity index (χ2n) is 7.02. The smallest absolute Gasteiger partial charge is 0.255 e. The van der Waals surface area contributed by atoms with Crippen LogP contribution in [0.2, 0.25) is 0 Å². The van der Waals surface area contributed by atoms with Gasteiger partial charge in [-0.3, -0.25) is 9.59 Å². The summed E-state index contributed by atoms with van der Waals surface area (Å²) in [5.41, 5.74) is 2.50. The van der Waals surface area contributed by atoms with Gasteiger partial charge in [-0.1, -0.05) is 26.0 Å². The number of hydrogen-bond donors (Lipinski definition) is 1. The molecular weight excluding hydrogens is 364 g/mol. The Kier molecular flexibility index (Phi) is 5.32. The van der Waals surface area contributed by atoms with Gasteiger partial charge < -0.3 is 5.32 Å². The SMILES string of the molecule is CC(C)Cc1cccc(NC(=O)c2ccc(N3C(=O)CCS3(=O)=O)cc2)c1. The predicted molar refractivity (Wildman–Crippen MR) is 105 cm³/mol. The summed E-state index contributed by atoms with van der Waals surface area (Å²) in [5, 5.41) is 2.85. The molecule has 0 bridgehead atoms. The van der Waals surface area contributed by atoms with Crippen LogP contribution in [0, 0.1) is 5.92 Å². The standard InChI is InChI=1S/C20H22N2O4S/c1-14(2)12-15-4-3-5-17(13-15)21-20(24)16-6-8-18(9-7-16)22-19(23)10-11-27(22,25)26/h3-9,13-14H,10-12H2,1-2H3,(H,21,24). The quantitative estimate of drug-likeness (QED) is 0.855. The maximum Gasteiger partial charge on any atom is 0.255 e. The molecule has 0 saturated carbocycles. The first-order valence-corrected chi connectivity index (χ1v) is 10.4. The highest BCUT2D eigenvalue weighted by atomic mass is 32.2. The van der Waals surface area contributed by atoms with Crippen LogP contribution in [-0.4, -0.2) is 26.0 Å².